The average molecular weight is 413 g/mol. The van der Waals surface area contributed by atoms with Crippen molar-refractivity contribution in [2.45, 2.75) is 39.2 Å². The normalized spacial score (nSPS) is 12.7. The fraction of sp³-hybridized carbons (Fsp3) is 0.250. The second kappa shape index (κ2) is 8.18. The van der Waals surface area contributed by atoms with E-state index in [0.29, 0.717) is 18.3 Å². The van der Waals surface area contributed by atoms with E-state index in [4.69, 9.17) is 9.62 Å². The number of nitrogens with one attached hydrogen (secondary N) is 1. The molecule has 1 aliphatic carbocycles. The molecule has 31 heavy (non-hydrogen) atoms. The first-order chi connectivity index (χ1) is 15.2. The molecule has 0 unspecified atom stereocenters. The summed E-state index contributed by atoms with van der Waals surface area (Å²) in [7, 11) is 0. The highest BCUT2D eigenvalue weighted by Crippen LogP contribution is 2.33. The summed E-state index contributed by atoms with van der Waals surface area (Å²) < 4.78 is 7.51. The van der Waals surface area contributed by atoms with Gasteiger partial charge in [0, 0.05) is 17.8 Å². The number of hydrogen-bond donors (Lipinski definition) is 1. The van der Waals surface area contributed by atoms with Gasteiger partial charge in [0.25, 0.3) is 5.89 Å². The van der Waals surface area contributed by atoms with Crippen molar-refractivity contribution in [1.82, 2.24) is 25.2 Å². The zero-order chi connectivity index (χ0) is 21.2. The van der Waals surface area contributed by atoms with Crippen LogP contribution in [-0.4, -0.2) is 25.8 Å². The van der Waals surface area contributed by atoms with Gasteiger partial charge in [0.2, 0.25) is 5.91 Å². The van der Waals surface area contributed by atoms with Crippen molar-refractivity contribution in [3.63, 3.8) is 0 Å². The minimum absolute atomic E-state index is 0.0665. The summed E-state index contributed by atoms with van der Waals surface area (Å²) in [4.78, 5) is 16.8. The highest BCUT2D eigenvalue weighted by atomic mass is 16.5. The van der Waals surface area contributed by atoms with Gasteiger partial charge in [-0.25, -0.2) is 4.68 Å². The largest absolute Gasteiger partial charge is 0.352 e. The van der Waals surface area contributed by atoms with E-state index in [0.717, 1.165) is 47.3 Å². The first-order valence-electron chi connectivity index (χ1n) is 10.5. The number of carbonyl (C=O) groups excluding carboxylic acids is 1. The van der Waals surface area contributed by atoms with E-state index in [-0.39, 0.29) is 12.3 Å². The van der Waals surface area contributed by atoms with E-state index >= 15 is 0 Å². The van der Waals surface area contributed by atoms with E-state index < -0.39 is 0 Å². The molecule has 0 bridgehead atoms. The lowest BCUT2D eigenvalue weighted by Crippen LogP contribution is -2.24. The molecule has 2 aromatic carbocycles. The first kappa shape index (κ1) is 19.2. The SMILES string of the molecule is Cc1ccccc1-n1nc(-c2nc(CC(=O)NCc3ccccc3)no2)c2c1CCC2. The number of aryl methyl sites for hydroxylation is 1. The maximum Gasteiger partial charge on any atom is 0.278 e. The maximum atomic E-state index is 12.3. The molecule has 0 radical (unpaired) electrons. The number of amides is 1. The summed E-state index contributed by atoms with van der Waals surface area (Å²) in [6.45, 7) is 2.55. The van der Waals surface area contributed by atoms with Crippen molar-refractivity contribution in [3.8, 4) is 17.3 Å². The Morgan fingerprint density at radius 3 is 2.74 bits per heavy atom. The van der Waals surface area contributed by atoms with Crippen LogP contribution in [0.2, 0.25) is 0 Å². The lowest BCUT2D eigenvalue weighted by molar-refractivity contribution is -0.120. The molecule has 0 atom stereocenters. The van der Waals surface area contributed by atoms with E-state index in [1.807, 2.05) is 47.1 Å². The Labute approximate surface area is 180 Å². The van der Waals surface area contributed by atoms with Gasteiger partial charge in [0.05, 0.1) is 12.1 Å². The molecule has 7 heteroatoms. The van der Waals surface area contributed by atoms with Crippen LogP contribution < -0.4 is 5.32 Å². The topological polar surface area (TPSA) is 85.8 Å². The third kappa shape index (κ3) is 3.86. The third-order valence-electron chi connectivity index (χ3n) is 5.60. The molecular weight excluding hydrogens is 390 g/mol. The summed E-state index contributed by atoms with van der Waals surface area (Å²) in [6.07, 6.45) is 3.05. The van der Waals surface area contributed by atoms with Gasteiger partial charge in [-0.2, -0.15) is 10.1 Å². The van der Waals surface area contributed by atoms with Crippen molar-refractivity contribution in [2.24, 2.45) is 0 Å². The van der Waals surface area contributed by atoms with Crippen LogP contribution in [0.4, 0.5) is 0 Å². The van der Waals surface area contributed by atoms with Crippen molar-refractivity contribution in [1.29, 1.82) is 0 Å². The minimum atomic E-state index is -0.146. The number of nitrogens with zero attached hydrogens (tertiary/aromatic N) is 4. The van der Waals surface area contributed by atoms with Crippen molar-refractivity contribution in [3.05, 3.63) is 82.8 Å². The summed E-state index contributed by atoms with van der Waals surface area (Å²) >= 11 is 0. The zero-order valence-corrected chi connectivity index (χ0v) is 17.3. The molecular formula is C24H23N5O2. The highest BCUT2D eigenvalue weighted by molar-refractivity contribution is 5.77. The molecule has 1 aliphatic rings. The van der Waals surface area contributed by atoms with Gasteiger partial charge in [-0.05, 0) is 43.4 Å². The smallest absolute Gasteiger partial charge is 0.278 e. The van der Waals surface area contributed by atoms with Crippen LogP contribution in [0.15, 0.2) is 59.1 Å². The molecule has 7 nitrogen and oxygen atoms in total. The number of aromatic nitrogens is 4. The quantitative estimate of drug-likeness (QED) is 0.522. The number of para-hydroxylation sites is 1. The molecule has 1 N–H and O–H groups in total. The molecule has 2 heterocycles. The lowest BCUT2D eigenvalue weighted by atomic mass is 10.2. The molecule has 156 valence electrons. The Hall–Kier alpha value is -3.74. The first-order valence-corrected chi connectivity index (χ1v) is 10.5. The van der Waals surface area contributed by atoms with E-state index in [1.165, 1.54) is 5.69 Å². The van der Waals surface area contributed by atoms with Crippen molar-refractivity contribution < 1.29 is 9.32 Å². The minimum Gasteiger partial charge on any atom is -0.352 e. The van der Waals surface area contributed by atoms with Crippen LogP contribution in [0.25, 0.3) is 17.3 Å². The molecule has 0 saturated carbocycles. The van der Waals surface area contributed by atoms with E-state index in [9.17, 15) is 4.79 Å². The fourth-order valence-corrected chi connectivity index (χ4v) is 4.03. The second-order valence-corrected chi connectivity index (χ2v) is 7.78. The highest BCUT2D eigenvalue weighted by Gasteiger charge is 2.27. The Bertz CT molecular complexity index is 1230. The molecule has 0 aliphatic heterocycles. The second-order valence-electron chi connectivity index (χ2n) is 7.78. The third-order valence-corrected chi connectivity index (χ3v) is 5.60. The van der Waals surface area contributed by atoms with Crippen LogP contribution in [0.1, 0.15) is 34.6 Å². The predicted molar refractivity (Wildman–Crippen MR) is 116 cm³/mol. The van der Waals surface area contributed by atoms with Crippen LogP contribution in [0, 0.1) is 6.92 Å². The average Bonchev–Trinajstić information content (AvgIpc) is 3.51. The van der Waals surface area contributed by atoms with Crippen LogP contribution in [0.3, 0.4) is 0 Å². The maximum absolute atomic E-state index is 12.3. The fourth-order valence-electron chi connectivity index (χ4n) is 4.03. The molecule has 0 saturated heterocycles. The lowest BCUT2D eigenvalue weighted by Gasteiger charge is -2.08. The predicted octanol–water partition coefficient (Wildman–Crippen LogP) is 3.58. The summed E-state index contributed by atoms with van der Waals surface area (Å²) in [5.74, 6) is 0.584. The van der Waals surface area contributed by atoms with E-state index in [1.54, 1.807) is 0 Å². The number of rotatable bonds is 6. The Morgan fingerprint density at radius 2 is 1.90 bits per heavy atom. The zero-order valence-electron chi connectivity index (χ0n) is 17.3. The number of hydrogen-bond acceptors (Lipinski definition) is 5. The van der Waals surface area contributed by atoms with Gasteiger partial charge in [-0.3, -0.25) is 4.79 Å². The van der Waals surface area contributed by atoms with Gasteiger partial charge in [-0.15, -0.1) is 0 Å². The van der Waals surface area contributed by atoms with Gasteiger partial charge >= 0.3 is 0 Å². The molecule has 4 aromatic rings. The van der Waals surface area contributed by atoms with Crippen LogP contribution in [-0.2, 0) is 30.6 Å². The van der Waals surface area contributed by atoms with Crippen LogP contribution in [0.5, 0.6) is 0 Å². The molecule has 2 aromatic heterocycles. The Balaban J connectivity index is 1.35. The number of carbonyl (C=O) groups is 1. The summed E-state index contributed by atoms with van der Waals surface area (Å²) in [5, 5.41) is 11.7. The number of fused-ring (bicyclic) bond motifs is 1. The monoisotopic (exact) mass is 413 g/mol. The van der Waals surface area contributed by atoms with Gasteiger partial charge in [0.1, 0.15) is 0 Å². The van der Waals surface area contributed by atoms with E-state index in [2.05, 4.69) is 34.5 Å². The Kier molecular flexibility index (Phi) is 5.08. The van der Waals surface area contributed by atoms with Crippen molar-refractivity contribution >= 4 is 5.91 Å². The van der Waals surface area contributed by atoms with Gasteiger partial charge < -0.3 is 9.84 Å². The van der Waals surface area contributed by atoms with Crippen molar-refractivity contribution in [2.75, 3.05) is 0 Å². The van der Waals surface area contributed by atoms with Crippen LogP contribution >= 0.6 is 0 Å². The summed E-state index contributed by atoms with van der Waals surface area (Å²) in [6, 6.07) is 18.0. The van der Waals surface area contributed by atoms with Gasteiger partial charge in [0.15, 0.2) is 11.5 Å². The van der Waals surface area contributed by atoms with Gasteiger partial charge in [-0.1, -0.05) is 53.7 Å². The molecule has 0 spiro atoms. The Morgan fingerprint density at radius 1 is 1.10 bits per heavy atom. The summed E-state index contributed by atoms with van der Waals surface area (Å²) in [5.41, 5.74) is 6.34. The molecule has 0 fully saturated rings. The molecule has 5 rings (SSSR count). The standard InChI is InChI=1S/C24H23N5O2/c1-16-8-5-6-12-19(16)29-20-13-7-11-18(20)23(27-29)24-26-21(28-31-24)14-22(30)25-15-17-9-3-2-4-10-17/h2-6,8-10,12H,7,11,13-15H2,1H3,(H,25,30). The number of benzene rings is 2. The molecule has 1 amide bonds.